The highest BCUT2D eigenvalue weighted by molar-refractivity contribution is 5.26. The van der Waals surface area contributed by atoms with Gasteiger partial charge in [-0.25, -0.2) is 0 Å². The smallest absolute Gasteiger partial charge is 0.0724 e. The van der Waals surface area contributed by atoms with E-state index in [1.807, 2.05) is 6.08 Å². The normalized spacial score (nSPS) is 54.2. The molecule has 0 aromatic carbocycles. The van der Waals surface area contributed by atoms with Crippen LogP contribution in [0, 0.1) is 28.6 Å². The molecule has 0 bridgehead atoms. The highest BCUT2D eigenvalue weighted by atomic mass is 16.3. The Hall–Kier alpha value is -0.380. The number of aliphatic hydroxyl groups is 3. The van der Waals surface area contributed by atoms with E-state index < -0.39 is 0 Å². The van der Waals surface area contributed by atoms with Gasteiger partial charge in [-0.1, -0.05) is 18.6 Å². The molecule has 4 rings (SSSR count). The van der Waals surface area contributed by atoms with E-state index in [9.17, 15) is 15.3 Å². The largest absolute Gasteiger partial charge is 0.395 e. The van der Waals surface area contributed by atoms with E-state index in [0.717, 1.165) is 44.9 Å². The SMILES string of the molecule is C[C@]12CC[C@H]3[C@@H](CCC4=CC(O)CC[C@@]43CO)[C@@H]1CC[C@@H]2O. The molecule has 3 saturated carbocycles. The zero-order valence-corrected chi connectivity index (χ0v) is 13.7. The lowest BCUT2D eigenvalue weighted by atomic mass is 9.47. The van der Waals surface area contributed by atoms with Gasteiger partial charge in [-0.2, -0.15) is 0 Å². The summed E-state index contributed by atoms with van der Waals surface area (Å²) in [7, 11) is 0. The van der Waals surface area contributed by atoms with Crippen molar-refractivity contribution in [1.29, 1.82) is 0 Å². The maximum Gasteiger partial charge on any atom is 0.0724 e. The number of aliphatic hydroxyl groups excluding tert-OH is 3. The van der Waals surface area contributed by atoms with Gasteiger partial charge in [0.1, 0.15) is 0 Å². The summed E-state index contributed by atoms with van der Waals surface area (Å²) < 4.78 is 0. The molecule has 0 radical (unpaired) electrons. The minimum atomic E-state index is -0.312. The molecule has 22 heavy (non-hydrogen) atoms. The summed E-state index contributed by atoms with van der Waals surface area (Å²) in [4.78, 5) is 0. The number of hydrogen-bond acceptors (Lipinski definition) is 3. The molecule has 0 amide bonds. The predicted octanol–water partition coefficient (Wildman–Crippen LogP) is 2.64. The topological polar surface area (TPSA) is 60.7 Å². The van der Waals surface area contributed by atoms with Crippen LogP contribution in [-0.4, -0.2) is 34.1 Å². The predicted molar refractivity (Wildman–Crippen MR) is 85.1 cm³/mol. The Labute approximate surface area is 133 Å². The average molecular weight is 306 g/mol. The van der Waals surface area contributed by atoms with Gasteiger partial charge in [0.15, 0.2) is 0 Å². The van der Waals surface area contributed by atoms with Crippen LogP contribution in [0.4, 0.5) is 0 Å². The zero-order chi connectivity index (χ0) is 15.5. The molecule has 0 saturated heterocycles. The quantitative estimate of drug-likeness (QED) is 0.653. The lowest BCUT2D eigenvalue weighted by Gasteiger charge is -2.58. The Morgan fingerprint density at radius 1 is 1.05 bits per heavy atom. The Morgan fingerprint density at radius 3 is 2.64 bits per heavy atom. The summed E-state index contributed by atoms with van der Waals surface area (Å²) in [5, 5.41) is 30.7. The minimum Gasteiger partial charge on any atom is -0.395 e. The van der Waals surface area contributed by atoms with Crippen molar-refractivity contribution in [3.05, 3.63) is 11.6 Å². The molecule has 7 atom stereocenters. The second kappa shape index (κ2) is 5.06. The Morgan fingerprint density at radius 2 is 1.86 bits per heavy atom. The van der Waals surface area contributed by atoms with Crippen molar-refractivity contribution >= 4 is 0 Å². The molecular weight excluding hydrogens is 276 g/mol. The van der Waals surface area contributed by atoms with E-state index in [1.165, 1.54) is 12.0 Å². The van der Waals surface area contributed by atoms with Crippen LogP contribution in [0.25, 0.3) is 0 Å². The number of hydrogen-bond donors (Lipinski definition) is 3. The van der Waals surface area contributed by atoms with Crippen molar-refractivity contribution in [2.45, 2.75) is 70.5 Å². The highest BCUT2D eigenvalue weighted by Gasteiger charge is 2.59. The molecule has 3 nitrogen and oxygen atoms in total. The fraction of sp³-hybridized carbons (Fsp3) is 0.895. The van der Waals surface area contributed by atoms with Gasteiger partial charge < -0.3 is 15.3 Å². The molecule has 0 aromatic rings. The second-order valence-electron chi connectivity index (χ2n) is 8.67. The fourth-order valence-corrected chi connectivity index (χ4v) is 6.77. The molecular formula is C19H30O3. The molecule has 3 fully saturated rings. The average Bonchev–Trinajstić information content (AvgIpc) is 2.82. The van der Waals surface area contributed by atoms with Crippen LogP contribution in [0.5, 0.6) is 0 Å². The zero-order valence-electron chi connectivity index (χ0n) is 13.7. The van der Waals surface area contributed by atoms with Gasteiger partial charge in [-0.05, 0) is 74.5 Å². The summed E-state index contributed by atoms with van der Waals surface area (Å²) in [5.74, 6) is 1.82. The molecule has 0 aromatic heterocycles. The van der Waals surface area contributed by atoms with Gasteiger partial charge in [0.05, 0.1) is 18.8 Å². The minimum absolute atomic E-state index is 0.0724. The molecule has 0 heterocycles. The summed E-state index contributed by atoms with van der Waals surface area (Å²) in [6.07, 6.45) is 9.87. The van der Waals surface area contributed by atoms with E-state index in [1.54, 1.807) is 0 Å². The lowest BCUT2D eigenvalue weighted by Crippen LogP contribution is -2.53. The van der Waals surface area contributed by atoms with Crippen LogP contribution < -0.4 is 0 Å². The molecule has 124 valence electrons. The molecule has 0 aliphatic heterocycles. The van der Waals surface area contributed by atoms with E-state index in [0.29, 0.717) is 17.8 Å². The van der Waals surface area contributed by atoms with E-state index >= 15 is 0 Å². The Kier molecular flexibility index (Phi) is 3.49. The standard InChI is InChI=1S/C19H30O3/c1-18-8-7-16-14(15(18)4-5-17(18)22)3-2-12-10-13(21)6-9-19(12,16)11-20/h10,13-17,20-22H,2-9,11H2,1H3/t13?,14-,15-,16-,17-,18-,19+/m0/s1. The molecule has 0 spiro atoms. The van der Waals surface area contributed by atoms with Crippen molar-refractivity contribution in [2.24, 2.45) is 28.6 Å². The van der Waals surface area contributed by atoms with Crippen molar-refractivity contribution in [3.63, 3.8) is 0 Å². The van der Waals surface area contributed by atoms with Gasteiger partial charge in [0, 0.05) is 5.41 Å². The fourth-order valence-electron chi connectivity index (χ4n) is 6.77. The third-order valence-corrected chi connectivity index (χ3v) is 8.05. The summed E-state index contributed by atoms with van der Waals surface area (Å²) in [6.45, 7) is 2.53. The van der Waals surface area contributed by atoms with Crippen molar-refractivity contribution in [3.8, 4) is 0 Å². The van der Waals surface area contributed by atoms with Gasteiger partial charge in [0.25, 0.3) is 0 Å². The van der Waals surface area contributed by atoms with Gasteiger partial charge in [-0.3, -0.25) is 0 Å². The summed E-state index contributed by atoms with van der Waals surface area (Å²) in [5.41, 5.74) is 1.36. The maximum atomic E-state index is 10.5. The molecule has 4 aliphatic carbocycles. The first-order valence-electron chi connectivity index (χ1n) is 9.19. The van der Waals surface area contributed by atoms with Crippen molar-refractivity contribution in [1.82, 2.24) is 0 Å². The maximum absolute atomic E-state index is 10.5. The Balaban J connectivity index is 1.70. The second-order valence-corrected chi connectivity index (χ2v) is 8.67. The highest BCUT2D eigenvalue weighted by Crippen LogP contribution is 2.65. The van der Waals surface area contributed by atoms with Crippen LogP contribution in [0.15, 0.2) is 11.6 Å². The number of fused-ring (bicyclic) bond motifs is 5. The van der Waals surface area contributed by atoms with Crippen LogP contribution in [-0.2, 0) is 0 Å². The summed E-state index contributed by atoms with van der Waals surface area (Å²) >= 11 is 0. The van der Waals surface area contributed by atoms with Crippen molar-refractivity contribution < 1.29 is 15.3 Å². The van der Waals surface area contributed by atoms with Crippen LogP contribution in [0.3, 0.4) is 0 Å². The first kappa shape index (κ1) is 15.2. The molecule has 3 heteroatoms. The van der Waals surface area contributed by atoms with Crippen LogP contribution >= 0.6 is 0 Å². The van der Waals surface area contributed by atoms with E-state index in [4.69, 9.17) is 0 Å². The van der Waals surface area contributed by atoms with Gasteiger partial charge >= 0.3 is 0 Å². The molecule has 4 aliphatic rings. The first-order valence-corrected chi connectivity index (χ1v) is 9.19. The van der Waals surface area contributed by atoms with E-state index in [2.05, 4.69) is 6.92 Å². The first-order chi connectivity index (χ1) is 10.5. The summed E-state index contributed by atoms with van der Waals surface area (Å²) in [6, 6.07) is 0. The molecule has 3 N–H and O–H groups in total. The Bertz CT molecular complexity index is 487. The van der Waals surface area contributed by atoms with E-state index in [-0.39, 0.29) is 29.6 Å². The van der Waals surface area contributed by atoms with Gasteiger partial charge in [0.2, 0.25) is 0 Å². The van der Waals surface area contributed by atoms with Crippen molar-refractivity contribution in [2.75, 3.05) is 6.61 Å². The third-order valence-electron chi connectivity index (χ3n) is 8.05. The molecule has 1 unspecified atom stereocenters. The third kappa shape index (κ3) is 1.85. The lowest BCUT2D eigenvalue weighted by molar-refractivity contribution is -0.0933. The monoisotopic (exact) mass is 306 g/mol. The van der Waals surface area contributed by atoms with Crippen LogP contribution in [0.2, 0.25) is 0 Å². The van der Waals surface area contributed by atoms with Crippen LogP contribution in [0.1, 0.15) is 58.3 Å². The van der Waals surface area contributed by atoms with Gasteiger partial charge in [-0.15, -0.1) is 0 Å². The number of rotatable bonds is 1.